The molecule has 1 aliphatic carbocycles. The van der Waals surface area contributed by atoms with Crippen molar-refractivity contribution in [3.8, 4) is 0 Å². The SMILES string of the molecule is CC1CCCC(NC(=O)c2cccc(N)c2[N+](=O)[O-])C1. The summed E-state index contributed by atoms with van der Waals surface area (Å²) in [5, 5.41) is 13.9. The first-order valence-corrected chi connectivity index (χ1v) is 6.82. The van der Waals surface area contributed by atoms with Gasteiger partial charge < -0.3 is 11.1 Å². The van der Waals surface area contributed by atoms with Gasteiger partial charge in [-0.1, -0.05) is 25.8 Å². The van der Waals surface area contributed by atoms with Crippen molar-refractivity contribution in [2.45, 2.75) is 38.6 Å². The molecule has 0 aromatic heterocycles. The highest BCUT2D eigenvalue weighted by atomic mass is 16.6. The average Bonchev–Trinajstić information content (AvgIpc) is 2.37. The number of hydrogen-bond donors (Lipinski definition) is 2. The van der Waals surface area contributed by atoms with E-state index in [4.69, 9.17) is 5.73 Å². The number of carbonyl (C=O) groups excluding carboxylic acids is 1. The first-order valence-electron chi connectivity index (χ1n) is 6.82. The number of para-hydroxylation sites is 1. The predicted molar refractivity (Wildman–Crippen MR) is 76.4 cm³/mol. The molecule has 1 fully saturated rings. The monoisotopic (exact) mass is 277 g/mol. The van der Waals surface area contributed by atoms with E-state index in [1.54, 1.807) is 6.07 Å². The summed E-state index contributed by atoms with van der Waals surface area (Å²) in [6.07, 6.45) is 4.09. The quantitative estimate of drug-likeness (QED) is 0.503. The van der Waals surface area contributed by atoms with Gasteiger partial charge in [0, 0.05) is 6.04 Å². The Bertz CT molecular complexity index is 530. The third-order valence-electron chi connectivity index (χ3n) is 3.77. The molecule has 1 saturated carbocycles. The van der Waals surface area contributed by atoms with Crippen LogP contribution in [0.25, 0.3) is 0 Å². The van der Waals surface area contributed by atoms with Crippen molar-refractivity contribution < 1.29 is 9.72 Å². The smallest absolute Gasteiger partial charge is 0.304 e. The Balaban J connectivity index is 2.17. The first-order chi connectivity index (χ1) is 9.49. The van der Waals surface area contributed by atoms with E-state index in [9.17, 15) is 14.9 Å². The minimum Gasteiger partial charge on any atom is -0.393 e. The van der Waals surface area contributed by atoms with E-state index in [1.165, 1.54) is 18.6 Å². The molecular formula is C14H19N3O3. The van der Waals surface area contributed by atoms with E-state index in [1.807, 2.05) is 0 Å². The standard InChI is InChI=1S/C14H19N3O3/c1-9-4-2-5-10(8-9)16-14(18)11-6-3-7-12(15)13(11)17(19)20/h3,6-7,9-10H,2,4-5,8,15H2,1H3,(H,16,18). The highest BCUT2D eigenvalue weighted by Crippen LogP contribution is 2.27. The molecule has 6 heteroatoms. The number of nitrogens with zero attached hydrogens (tertiary/aromatic N) is 1. The van der Waals surface area contributed by atoms with Crippen LogP contribution in [0.5, 0.6) is 0 Å². The fourth-order valence-electron chi connectivity index (χ4n) is 2.78. The second kappa shape index (κ2) is 5.90. The highest BCUT2D eigenvalue weighted by molar-refractivity contribution is 6.00. The molecule has 108 valence electrons. The van der Waals surface area contributed by atoms with Gasteiger partial charge in [0.15, 0.2) is 0 Å². The molecule has 2 rings (SSSR count). The van der Waals surface area contributed by atoms with Crippen LogP contribution in [-0.2, 0) is 0 Å². The summed E-state index contributed by atoms with van der Waals surface area (Å²) >= 11 is 0. The summed E-state index contributed by atoms with van der Waals surface area (Å²) in [6.45, 7) is 2.15. The second-order valence-corrected chi connectivity index (χ2v) is 5.44. The third-order valence-corrected chi connectivity index (χ3v) is 3.77. The zero-order chi connectivity index (χ0) is 14.7. The lowest BCUT2D eigenvalue weighted by molar-refractivity contribution is -0.384. The summed E-state index contributed by atoms with van der Waals surface area (Å²) in [5.74, 6) is 0.160. The van der Waals surface area contributed by atoms with Gasteiger partial charge in [-0.05, 0) is 30.9 Å². The number of amides is 1. The number of nitro groups is 1. The van der Waals surface area contributed by atoms with E-state index in [0.29, 0.717) is 5.92 Å². The molecule has 0 saturated heterocycles. The molecule has 0 aliphatic heterocycles. The highest BCUT2D eigenvalue weighted by Gasteiger charge is 2.26. The zero-order valence-corrected chi connectivity index (χ0v) is 11.5. The molecule has 0 bridgehead atoms. The van der Waals surface area contributed by atoms with Crippen molar-refractivity contribution in [1.29, 1.82) is 0 Å². The lowest BCUT2D eigenvalue weighted by Gasteiger charge is -2.27. The van der Waals surface area contributed by atoms with Gasteiger partial charge in [0.1, 0.15) is 11.3 Å². The Morgan fingerprint density at radius 1 is 1.45 bits per heavy atom. The van der Waals surface area contributed by atoms with E-state index in [-0.39, 0.29) is 23.0 Å². The van der Waals surface area contributed by atoms with Crippen LogP contribution in [0.3, 0.4) is 0 Å². The molecular weight excluding hydrogens is 258 g/mol. The fraction of sp³-hybridized carbons (Fsp3) is 0.500. The Labute approximate surface area is 117 Å². The average molecular weight is 277 g/mol. The van der Waals surface area contributed by atoms with Gasteiger partial charge in [-0.15, -0.1) is 0 Å². The van der Waals surface area contributed by atoms with Crippen molar-refractivity contribution >= 4 is 17.3 Å². The third kappa shape index (κ3) is 3.07. The Hall–Kier alpha value is -2.11. The zero-order valence-electron chi connectivity index (χ0n) is 11.5. The maximum absolute atomic E-state index is 12.2. The van der Waals surface area contributed by atoms with E-state index < -0.39 is 10.8 Å². The van der Waals surface area contributed by atoms with Crippen molar-refractivity contribution in [3.63, 3.8) is 0 Å². The van der Waals surface area contributed by atoms with Crippen LogP contribution in [0, 0.1) is 16.0 Å². The molecule has 2 unspecified atom stereocenters. The number of carbonyl (C=O) groups is 1. The van der Waals surface area contributed by atoms with Gasteiger partial charge in [-0.3, -0.25) is 14.9 Å². The molecule has 3 N–H and O–H groups in total. The number of nitro benzene ring substituents is 1. The van der Waals surface area contributed by atoms with Gasteiger partial charge in [0.25, 0.3) is 5.91 Å². The van der Waals surface area contributed by atoms with Gasteiger partial charge in [-0.25, -0.2) is 0 Å². The molecule has 0 spiro atoms. The largest absolute Gasteiger partial charge is 0.393 e. The van der Waals surface area contributed by atoms with Gasteiger partial charge in [-0.2, -0.15) is 0 Å². The maximum Gasteiger partial charge on any atom is 0.304 e. The number of nitrogens with two attached hydrogens (primary N) is 1. The van der Waals surface area contributed by atoms with Crippen molar-refractivity contribution in [1.82, 2.24) is 5.32 Å². The molecule has 0 radical (unpaired) electrons. The molecule has 0 heterocycles. The first kappa shape index (κ1) is 14.3. The predicted octanol–water partition coefficient (Wildman–Crippen LogP) is 2.49. The maximum atomic E-state index is 12.2. The molecule has 1 aromatic rings. The van der Waals surface area contributed by atoms with E-state index >= 15 is 0 Å². The number of rotatable bonds is 3. The Morgan fingerprint density at radius 2 is 2.20 bits per heavy atom. The second-order valence-electron chi connectivity index (χ2n) is 5.44. The molecule has 2 atom stereocenters. The van der Waals surface area contributed by atoms with Crippen LogP contribution in [0.15, 0.2) is 18.2 Å². The normalized spacial score (nSPS) is 22.2. The lowest BCUT2D eigenvalue weighted by Crippen LogP contribution is -2.38. The Kier molecular flexibility index (Phi) is 4.22. The van der Waals surface area contributed by atoms with Crippen LogP contribution < -0.4 is 11.1 Å². The molecule has 6 nitrogen and oxygen atoms in total. The summed E-state index contributed by atoms with van der Waals surface area (Å²) in [7, 11) is 0. The van der Waals surface area contributed by atoms with Crippen LogP contribution in [0.4, 0.5) is 11.4 Å². The van der Waals surface area contributed by atoms with Crippen LogP contribution in [-0.4, -0.2) is 16.9 Å². The van der Waals surface area contributed by atoms with Gasteiger partial charge in [0.2, 0.25) is 0 Å². The number of nitrogens with one attached hydrogen (secondary N) is 1. The number of hydrogen-bond acceptors (Lipinski definition) is 4. The van der Waals surface area contributed by atoms with Gasteiger partial charge in [0.05, 0.1) is 4.92 Å². The summed E-state index contributed by atoms with van der Waals surface area (Å²) in [4.78, 5) is 22.7. The summed E-state index contributed by atoms with van der Waals surface area (Å²) in [6, 6.07) is 4.52. The van der Waals surface area contributed by atoms with Crippen molar-refractivity contribution in [2.75, 3.05) is 5.73 Å². The van der Waals surface area contributed by atoms with Crippen LogP contribution >= 0.6 is 0 Å². The minimum atomic E-state index is -0.603. The molecule has 1 amide bonds. The lowest BCUT2D eigenvalue weighted by atomic mass is 9.87. The summed E-state index contributed by atoms with van der Waals surface area (Å²) < 4.78 is 0. The number of anilines is 1. The number of nitrogen functional groups attached to an aromatic ring is 1. The van der Waals surface area contributed by atoms with E-state index in [2.05, 4.69) is 12.2 Å². The van der Waals surface area contributed by atoms with Crippen molar-refractivity contribution in [3.05, 3.63) is 33.9 Å². The topological polar surface area (TPSA) is 98.3 Å². The number of benzene rings is 1. The van der Waals surface area contributed by atoms with Crippen LogP contribution in [0.2, 0.25) is 0 Å². The van der Waals surface area contributed by atoms with Crippen LogP contribution in [0.1, 0.15) is 43.0 Å². The van der Waals surface area contributed by atoms with Gasteiger partial charge >= 0.3 is 5.69 Å². The minimum absolute atomic E-state index is 0.0136. The van der Waals surface area contributed by atoms with E-state index in [0.717, 1.165) is 19.3 Å². The molecule has 1 aliphatic rings. The molecule has 20 heavy (non-hydrogen) atoms. The fourth-order valence-corrected chi connectivity index (χ4v) is 2.78. The summed E-state index contributed by atoms with van der Waals surface area (Å²) in [5.41, 5.74) is 5.33. The van der Waals surface area contributed by atoms with Crippen molar-refractivity contribution in [2.24, 2.45) is 5.92 Å². The Morgan fingerprint density at radius 3 is 2.85 bits per heavy atom. The molecule has 1 aromatic carbocycles.